The van der Waals surface area contributed by atoms with E-state index in [0.717, 1.165) is 12.1 Å². The van der Waals surface area contributed by atoms with E-state index in [1.54, 1.807) is 41.4 Å². The van der Waals surface area contributed by atoms with E-state index in [4.69, 9.17) is 9.47 Å². The number of amidine groups is 1. The first-order valence-electron chi connectivity index (χ1n) is 12.4. The molecule has 1 aliphatic rings. The van der Waals surface area contributed by atoms with Crippen molar-refractivity contribution < 1.29 is 32.5 Å². The number of piperidine rings is 1. The third kappa shape index (κ3) is 6.29. The number of alkyl halides is 3. The lowest BCUT2D eigenvalue weighted by Gasteiger charge is -2.43. The number of aromatic hydroxyl groups is 1. The van der Waals surface area contributed by atoms with Crippen molar-refractivity contribution in [3.8, 4) is 23.4 Å². The Morgan fingerprint density at radius 3 is 2.45 bits per heavy atom. The van der Waals surface area contributed by atoms with Crippen LogP contribution in [-0.4, -0.2) is 48.7 Å². The summed E-state index contributed by atoms with van der Waals surface area (Å²) in [6, 6.07) is 18.3. The monoisotopic (exact) mass is 552 g/mol. The van der Waals surface area contributed by atoms with E-state index in [1.807, 2.05) is 6.07 Å². The van der Waals surface area contributed by atoms with Crippen LogP contribution >= 0.6 is 0 Å². The number of phenolic OH excluding ortho intramolecular Hbond substituents is 1. The number of nitrogens with one attached hydrogen (secondary N) is 1. The first-order valence-corrected chi connectivity index (χ1v) is 12.4. The third-order valence-corrected chi connectivity index (χ3v) is 6.93. The molecule has 3 aromatic carbocycles. The molecule has 1 aliphatic heterocycles. The quantitative estimate of drug-likeness (QED) is 0.250. The van der Waals surface area contributed by atoms with Crippen molar-refractivity contribution in [1.82, 2.24) is 10.2 Å². The zero-order chi connectivity index (χ0) is 28.8. The topological polar surface area (TPSA) is 107 Å². The summed E-state index contributed by atoms with van der Waals surface area (Å²) >= 11 is 0. The number of carbonyl (C=O) groups is 1. The number of likely N-dealkylation sites (tertiary alicyclic amines) is 1. The van der Waals surface area contributed by atoms with Gasteiger partial charge in [-0.2, -0.15) is 18.4 Å². The molecule has 0 aromatic heterocycles. The number of amides is 1. The molecule has 0 saturated carbocycles. The van der Waals surface area contributed by atoms with E-state index >= 15 is 0 Å². The van der Waals surface area contributed by atoms with Crippen molar-refractivity contribution in [3.63, 3.8) is 0 Å². The summed E-state index contributed by atoms with van der Waals surface area (Å²) in [5.41, 5.74) is -1.34. The van der Waals surface area contributed by atoms with Gasteiger partial charge in [0.15, 0.2) is 0 Å². The van der Waals surface area contributed by atoms with E-state index in [9.17, 15) is 28.3 Å². The molecule has 0 unspecified atom stereocenters. The Morgan fingerprint density at radius 2 is 1.80 bits per heavy atom. The smallest absolute Gasteiger partial charge is 0.416 e. The molecular formula is C29H27F3N4O4. The molecule has 0 spiro atoms. The van der Waals surface area contributed by atoms with Gasteiger partial charge in [-0.25, -0.2) is 0 Å². The van der Waals surface area contributed by atoms with E-state index in [-0.39, 0.29) is 29.6 Å². The lowest BCUT2D eigenvalue weighted by molar-refractivity contribution is -0.137. The van der Waals surface area contributed by atoms with Crippen LogP contribution in [0.4, 0.5) is 13.2 Å². The van der Waals surface area contributed by atoms with Crippen molar-refractivity contribution in [2.75, 3.05) is 26.7 Å². The predicted molar refractivity (Wildman–Crippen MR) is 141 cm³/mol. The van der Waals surface area contributed by atoms with E-state index in [2.05, 4.69) is 10.3 Å². The van der Waals surface area contributed by atoms with Crippen LogP contribution in [0.3, 0.4) is 0 Å². The van der Waals surface area contributed by atoms with Crippen LogP contribution in [0.15, 0.2) is 77.8 Å². The summed E-state index contributed by atoms with van der Waals surface area (Å²) < 4.78 is 51.8. The lowest BCUT2D eigenvalue weighted by Crippen LogP contribution is -2.51. The highest BCUT2D eigenvalue weighted by Gasteiger charge is 2.40. The molecule has 0 radical (unpaired) electrons. The Bertz CT molecular complexity index is 1410. The highest BCUT2D eigenvalue weighted by atomic mass is 19.4. The summed E-state index contributed by atoms with van der Waals surface area (Å²) in [5, 5.41) is 22.3. The van der Waals surface area contributed by atoms with E-state index in [1.165, 1.54) is 31.4 Å². The zero-order valence-corrected chi connectivity index (χ0v) is 21.6. The van der Waals surface area contributed by atoms with Gasteiger partial charge in [0, 0.05) is 25.0 Å². The van der Waals surface area contributed by atoms with Crippen molar-refractivity contribution in [3.05, 3.63) is 89.5 Å². The van der Waals surface area contributed by atoms with Crippen molar-refractivity contribution in [2.24, 2.45) is 4.99 Å². The van der Waals surface area contributed by atoms with Gasteiger partial charge < -0.3 is 24.8 Å². The van der Waals surface area contributed by atoms with Gasteiger partial charge in [-0.1, -0.05) is 42.5 Å². The first-order chi connectivity index (χ1) is 19.2. The number of para-hydroxylation sites is 1. The lowest BCUT2D eigenvalue weighted by atomic mass is 9.72. The fourth-order valence-electron chi connectivity index (χ4n) is 4.77. The largest absolute Gasteiger partial charge is 0.507 e. The second-order valence-corrected chi connectivity index (χ2v) is 9.29. The molecule has 0 atom stereocenters. The minimum atomic E-state index is -4.54. The van der Waals surface area contributed by atoms with Gasteiger partial charge in [-0.3, -0.25) is 4.79 Å². The first kappa shape index (κ1) is 28.3. The van der Waals surface area contributed by atoms with E-state index in [0.29, 0.717) is 37.2 Å². The van der Waals surface area contributed by atoms with Crippen LogP contribution in [0.2, 0.25) is 0 Å². The molecule has 2 N–H and O–H groups in total. The summed E-state index contributed by atoms with van der Waals surface area (Å²) in [7, 11) is 1.36. The van der Waals surface area contributed by atoms with Crippen LogP contribution in [0, 0.1) is 11.5 Å². The molecule has 1 amide bonds. The van der Waals surface area contributed by atoms with Gasteiger partial charge in [-0.15, -0.1) is 4.99 Å². The van der Waals surface area contributed by atoms with Crippen LogP contribution in [0.1, 0.15) is 34.3 Å². The van der Waals surface area contributed by atoms with Crippen molar-refractivity contribution >= 4 is 11.9 Å². The minimum Gasteiger partial charge on any atom is -0.507 e. The molecule has 0 aliphatic carbocycles. The average molecular weight is 553 g/mol. The number of hydrogen-bond acceptors (Lipinski definition) is 6. The molecule has 1 heterocycles. The molecule has 3 aromatic rings. The standard InChI is InChI=1S/C29H27F3N4O4/c1-39-24-12-6-11-23(37)25(24)26(38)34-18-28(20-7-5-8-21(17-20)29(30,31)32)13-15-36(16-14-28)27(35-19-33)40-22-9-3-2-4-10-22/h2-12,17,37H,13-16,18H2,1H3,(H,34,38)/b35-27-. The number of halogens is 3. The van der Waals surface area contributed by atoms with Crippen molar-refractivity contribution in [1.29, 1.82) is 5.26 Å². The number of carbonyl (C=O) groups excluding carboxylic acids is 1. The van der Waals surface area contributed by atoms with Gasteiger partial charge >= 0.3 is 12.2 Å². The normalized spacial score (nSPS) is 15.2. The minimum absolute atomic E-state index is 0.0112. The maximum absolute atomic E-state index is 13.6. The number of methoxy groups -OCH3 is 1. The molecule has 40 heavy (non-hydrogen) atoms. The maximum atomic E-state index is 13.6. The van der Waals surface area contributed by atoms with Crippen LogP contribution in [0.25, 0.3) is 0 Å². The molecular weight excluding hydrogens is 525 g/mol. The van der Waals surface area contributed by atoms with E-state index < -0.39 is 23.1 Å². The van der Waals surface area contributed by atoms with Crippen LogP contribution in [-0.2, 0) is 11.6 Å². The second-order valence-electron chi connectivity index (χ2n) is 9.29. The summed E-state index contributed by atoms with van der Waals surface area (Å²) in [6.07, 6.45) is -2.17. The Kier molecular flexibility index (Phi) is 8.48. The highest BCUT2D eigenvalue weighted by molar-refractivity contribution is 5.99. The summed E-state index contributed by atoms with van der Waals surface area (Å²) in [6.45, 7) is 0.571. The number of ether oxygens (including phenoxy) is 2. The summed E-state index contributed by atoms with van der Waals surface area (Å²) in [5.74, 6) is -0.260. The van der Waals surface area contributed by atoms with Crippen LogP contribution in [0.5, 0.6) is 17.2 Å². The molecule has 4 rings (SSSR count). The number of rotatable bonds is 6. The predicted octanol–water partition coefficient (Wildman–Crippen LogP) is 5.10. The molecule has 208 valence electrons. The molecule has 11 heteroatoms. The Hall–Kier alpha value is -4.72. The van der Waals surface area contributed by atoms with Gasteiger partial charge in [0.2, 0.25) is 6.19 Å². The fourth-order valence-corrected chi connectivity index (χ4v) is 4.77. The number of benzene rings is 3. The number of hydrogen-bond donors (Lipinski definition) is 2. The Morgan fingerprint density at radius 1 is 1.10 bits per heavy atom. The maximum Gasteiger partial charge on any atom is 0.416 e. The zero-order valence-electron chi connectivity index (χ0n) is 21.6. The molecule has 0 bridgehead atoms. The number of aliphatic imine (C=N–C) groups is 1. The number of nitriles is 1. The molecule has 8 nitrogen and oxygen atoms in total. The van der Waals surface area contributed by atoms with Crippen LogP contribution < -0.4 is 14.8 Å². The Labute approximate surface area is 229 Å². The second kappa shape index (κ2) is 12.0. The molecule has 1 saturated heterocycles. The van der Waals surface area contributed by atoms with Gasteiger partial charge in [0.1, 0.15) is 22.8 Å². The average Bonchev–Trinajstić information content (AvgIpc) is 2.96. The third-order valence-electron chi connectivity index (χ3n) is 6.93. The summed E-state index contributed by atoms with van der Waals surface area (Å²) in [4.78, 5) is 18.7. The fraction of sp³-hybridized carbons (Fsp3) is 0.276. The Balaban J connectivity index is 1.61. The van der Waals surface area contributed by atoms with Gasteiger partial charge in [0.05, 0.1) is 12.7 Å². The highest BCUT2D eigenvalue weighted by Crippen LogP contribution is 2.39. The number of nitrogens with zero attached hydrogens (tertiary/aromatic N) is 3. The number of phenols is 1. The SMILES string of the molecule is COc1cccc(O)c1C(=O)NCC1(c2cccc(C(F)(F)F)c2)CCN(/C(=N/C#N)Oc2ccccc2)CC1. The van der Waals surface area contributed by atoms with Crippen molar-refractivity contribution in [2.45, 2.75) is 24.4 Å². The van der Waals surface area contributed by atoms with Gasteiger partial charge in [-0.05, 0) is 48.7 Å². The molecule has 1 fully saturated rings. The van der Waals surface area contributed by atoms with Gasteiger partial charge in [0.25, 0.3) is 5.91 Å².